The first-order valence-electron chi connectivity index (χ1n) is 5.95. The fourth-order valence-corrected chi connectivity index (χ4v) is 2.01. The predicted octanol–water partition coefficient (Wildman–Crippen LogP) is 1.45. The van der Waals surface area contributed by atoms with E-state index in [2.05, 4.69) is 5.32 Å². The number of hydrogen-bond acceptors (Lipinski definition) is 4. The minimum Gasteiger partial charge on any atom is -0.438 e. The number of amides is 1. The van der Waals surface area contributed by atoms with Crippen molar-refractivity contribution < 1.29 is 17.6 Å². The van der Waals surface area contributed by atoms with Crippen LogP contribution in [-0.2, 0) is 10.0 Å². The van der Waals surface area contributed by atoms with Gasteiger partial charge in [-0.3, -0.25) is 4.79 Å². The highest BCUT2D eigenvalue weighted by molar-refractivity contribution is 7.88. The predicted molar refractivity (Wildman–Crippen MR) is 71.4 cm³/mol. The molecule has 6 nitrogen and oxygen atoms in total. The normalized spacial score (nSPS) is 12.7. The number of carbonyl (C=O) groups excluding carboxylic acids is 1. The van der Waals surface area contributed by atoms with Crippen molar-refractivity contribution in [1.29, 1.82) is 0 Å². The second kappa shape index (κ2) is 5.34. The molecule has 0 radical (unpaired) electrons. The standard InChI is InChI=1S/C12H20N2O4S/c1-6-12(2,3)13-11(15)9-7-8-10(18-9)19(16,17)14(4)5/h7-8H,6H2,1-5H3,(H,13,15). The minimum atomic E-state index is -3.65. The maximum atomic E-state index is 11.9. The summed E-state index contributed by atoms with van der Waals surface area (Å²) < 4.78 is 29.8. The van der Waals surface area contributed by atoms with Gasteiger partial charge >= 0.3 is 0 Å². The number of carbonyl (C=O) groups is 1. The molecule has 7 heteroatoms. The summed E-state index contributed by atoms with van der Waals surface area (Å²) in [5.41, 5.74) is -0.371. The highest BCUT2D eigenvalue weighted by Crippen LogP contribution is 2.18. The maximum absolute atomic E-state index is 11.9. The summed E-state index contributed by atoms with van der Waals surface area (Å²) in [5, 5.41) is 2.54. The molecule has 0 fully saturated rings. The molecular formula is C12H20N2O4S. The van der Waals surface area contributed by atoms with Gasteiger partial charge in [0.05, 0.1) is 0 Å². The van der Waals surface area contributed by atoms with E-state index in [4.69, 9.17) is 4.42 Å². The van der Waals surface area contributed by atoms with E-state index in [0.29, 0.717) is 0 Å². The summed E-state index contributed by atoms with van der Waals surface area (Å²) >= 11 is 0. The molecule has 0 unspecified atom stereocenters. The lowest BCUT2D eigenvalue weighted by Crippen LogP contribution is -2.42. The van der Waals surface area contributed by atoms with Gasteiger partial charge in [0.2, 0.25) is 5.09 Å². The van der Waals surface area contributed by atoms with Gasteiger partial charge in [0, 0.05) is 19.6 Å². The summed E-state index contributed by atoms with van der Waals surface area (Å²) in [6.45, 7) is 5.71. The first-order valence-corrected chi connectivity index (χ1v) is 7.39. The monoisotopic (exact) mass is 288 g/mol. The maximum Gasteiger partial charge on any atom is 0.287 e. The van der Waals surface area contributed by atoms with Crippen LogP contribution in [0.4, 0.5) is 0 Å². The third-order valence-corrected chi connectivity index (χ3v) is 4.57. The van der Waals surface area contributed by atoms with E-state index in [-0.39, 0.29) is 16.4 Å². The van der Waals surface area contributed by atoms with Crippen LogP contribution < -0.4 is 5.32 Å². The van der Waals surface area contributed by atoms with E-state index in [9.17, 15) is 13.2 Å². The Kier molecular flexibility index (Phi) is 4.42. The van der Waals surface area contributed by atoms with Gasteiger partial charge in [-0.05, 0) is 32.4 Å². The van der Waals surface area contributed by atoms with Crippen LogP contribution in [0.25, 0.3) is 0 Å². The van der Waals surface area contributed by atoms with Crippen LogP contribution in [0.2, 0.25) is 0 Å². The Labute approximate surface area is 113 Å². The highest BCUT2D eigenvalue weighted by atomic mass is 32.2. The molecule has 1 aromatic rings. The van der Waals surface area contributed by atoms with Crippen LogP contribution in [0.3, 0.4) is 0 Å². The van der Waals surface area contributed by atoms with Crippen molar-refractivity contribution in [2.45, 2.75) is 37.8 Å². The third-order valence-electron chi connectivity index (χ3n) is 2.88. The van der Waals surface area contributed by atoms with Gasteiger partial charge in [-0.2, -0.15) is 0 Å². The topological polar surface area (TPSA) is 79.6 Å². The first kappa shape index (κ1) is 15.7. The Morgan fingerprint density at radius 3 is 2.42 bits per heavy atom. The fourth-order valence-electron chi connectivity index (χ4n) is 1.22. The third kappa shape index (κ3) is 3.57. The van der Waals surface area contributed by atoms with E-state index in [1.807, 2.05) is 20.8 Å². The molecule has 1 rings (SSSR count). The average molecular weight is 288 g/mol. The first-order chi connectivity index (χ1) is 8.60. The van der Waals surface area contributed by atoms with Crippen LogP contribution in [0.15, 0.2) is 21.6 Å². The molecule has 0 aromatic carbocycles. The van der Waals surface area contributed by atoms with Crippen LogP contribution in [-0.4, -0.2) is 38.3 Å². The molecule has 0 aliphatic rings. The molecular weight excluding hydrogens is 268 g/mol. The largest absolute Gasteiger partial charge is 0.438 e. The van der Waals surface area contributed by atoms with E-state index in [1.165, 1.54) is 26.2 Å². The average Bonchev–Trinajstić information content (AvgIpc) is 2.78. The molecule has 1 aromatic heterocycles. The number of nitrogens with one attached hydrogen (secondary N) is 1. The zero-order valence-electron chi connectivity index (χ0n) is 11.9. The summed E-state index contributed by atoms with van der Waals surface area (Å²) in [6.07, 6.45) is 0.752. The van der Waals surface area contributed by atoms with Gasteiger partial charge in [-0.15, -0.1) is 0 Å². The lowest BCUT2D eigenvalue weighted by molar-refractivity contribution is 0.0877. The van der Waals surface area contributed by atoms with Gasteiger partial charge in [-0.25, -0.2) is 12.7 Å². The number of furan rings is 1. The molecule has 0 aliphatic heterocycles. The van der Waals surface area contributed by atoms with Crippen LogP contribution in [0.1, 0.15) is 37.7 Å². The lowest BCUT2D eigenvalue weighted by Gasteiger charge is -2.23. The van der Waals surface area contributed by atoms with Crippen molar-refractivity contribution in [3.8, 4) is 0 Å². The summed E-state index contributed by atoms with van der Waals surface area (Å²) in [4.78, 5) is 11.9. The molecule has 0 spiro atoms. The molecule has 1 N–H and O–H groups in total. The van der Waals surface area contributed by atoms with Gasteiger partial charge in [0.1, 0.15) is 0 Å². The van der Waals surface area contributed by atoms with Crippen molar-refractivity contribution in [3.05, 3.63) is 17.9 Å². The molecule has 0 atom stereocenters. The number of hydrogen-bond donors (Lipinski definition) is 1. The van der Waals surface area contributed by atoms with E-state index in [0.717, 1.165) is 10.7 Å². The van der Waals surface area contributed by atoms with Crippen molar-refractivity contribution >= 4 is 15.9 Å². The quantitative estimate of drug-likeness (QED) is 0.889. The SMILES string of the molecule is CCC(C)(C)NC(=O)c1ccc(S(=O)(=O)N(C)C)o1. The fraction of sp³-hybridized carbons (Fsp3) is 0.583. The van der Waals surface area contributed by atoms with E-state index >= 15 is 0 Å². The molecule has 0 saturated heterocycles. The summed E-state index contributed by atoms with van der Waals surface area (Å²) in [7, 11) is -0.851. The zero-order chi connectivity index (χ0) is 14.8. The lowest BCUT2D eigenvalue weighted by atomic mass is 10.0. The molecule has 0 aliphatic carbocycles. The highest BCUT2D eigenvalue weighted by Gasteiger charge is 2.25. The number of nitrogens with zero attached hydrogens (tertiary/aromatic N) is 1. The molecule has 108 valence electrons. The minimum absolute atomic E-state index is 0.0121. The van der Waals surface area contributed by atoms with Gasteiger partial charge in [0.15, 0.2) is 5.76 Å². The Hall–Kier alpha value is -1.34. The summed E-state index contributed by atoms with van der Waals surface area (Å²) in [6, 6.07) is 2.64. The second-order valence-corrected chi connectivity index (χ2v) is 7.18. The molecule has 1 amide bonds. The number of rotatable bonds is 5. The van der Waals surface area contributed by atoms with Crippen LogP contribution >= 0.6 is 0 Å². The second-order valence-electron chi connectivity index (χ2n) is 5.10. The van der Waals surface area contributed by atoms with Crippen LogP contribution in [0.5, 0.6) is 0 Å². The molecule has 0 bridgehead atoms. The Balaban J connectivity index is 2.96. The number of sulfonamides is 1. The van der Waals surface area contributed by atoms with E-state index < -0.39 is 15.9 Å². The van der Waals surface area contributed by atoms with Crippen molar-refractivity contribution in [3.63, 3.8) is 0 Å². The van der Waals surface area contributed by atoms with Crippen molar-refractivity contribution in [2.24, 2.45) is 0 Å². The smallest absolute Gasteiger partial charge is 0.287 e. The molecule has 1 heterocycles. The van der Waals surface area contributed by atoms with Crippen molar-refractivity contribution in [1.82, 2.24) is 9.62 Å². The molecule has 0 saturated carbocycles. The Morgan fingerprint density at radius 1 is 1.37 bits per heavy atom. The zero-order valence-corrected chi connectivity index (χ0v) is 12.7. The van der Waals surface area contributed by atoms with E-state index in [1.54, 1.807) is 0 Å². The van der Waals surface area contributed by atoms with Gasteiger partial charge < -0.3 is 9.73 Å². The summed E-state index contributed by atoms with van der Waals surface area (Å²) in [5.74, 6) is -0.436. The van der Waals surface area contributed by atoms with Gasteiger partial charge in [-0.1, -0.05) is 6.92 Å². The Bertz CT molecular complexity index is 558. The molecule has 19 heavy (non-hydrogen) atoms. The Morgan fingerprint density at radius 2 is 1.95 bits per heavy atom. The van der Waals surface area contributed by atoms with Gasteiger partial charge in [0.25, 0.3) is 15.9 Å². The van der Waals surface area contributed by atoms with Crippen LogP contribution in [0, 0.1) is 0 Å². The van der Waals surface area contributed by atoms with Crippen molar-refractivity contribution in [2.75, 3.05) is 14.1 Å².